The van der Waals surface area contributed by atoms with Crippen LogP contribution in [0.25, 0.3) is 39.6 Å². The van der Waals surface area contributed by atoms with Crippen molar-refractivity contribution in [1.29, 1.82) is 0 Å². The molecule has 8 rings (SSSR count). The zero-order chi connectivity index (χ0) is 31.2. The van der Waals surface area contributed by atoms with Crippen LogP contribution < -0.4 is 4.90 Å². The van der Waals surface area contributed by atoms with E-state index in [1.807, 2.05) is 29.3 Å². The molecular formula is C38H38N6O2. The summed E-state index contributed by atoms with van der Waals surface area (Å²) in [6, 6.07) is 22.7. The summed E-state index contributed by atoms with van der Waals surface area (Å²) in [6.45, 7) is 5.17. The molecule has 0 amide bonds. The van der Waals surface area contributed by atoms with Crippen molar-refractivity contribution in [2.75, 3.05) is 38.1 Å². The number of nitrogens with zero attached hydrogens (tertiary/aromatic N) is 5. The summed E-state index contributed by atoms with van der Waals surface area (Å²) in [5.41, 5.74) is 10.5. The Morgan fingerprint density at radius 3 is 2.57 bits per heavy atom. The third-order valence-corrected chi connectivity index (χ3v) is 9.86. The van der Waals surface area contributed by atoms with Gasteiger partial charge in [-0.25, -0.2) is 9.97 Å². The highest BCUT2D eigenvalue weighted by Crippen LogP contribution is 2.44. The lowest BCUT2D eigenvalue weighted by atomic mass is 9.92. The number of rotatable bonds is 8. The highest BCUT2D eigenvalue weighted by molar-refractivity contribution is 5.96. The standard InChI is InChI=1S/C38H38N6O2/c1-42-15-17-43(18-16-42)21-25-5-7-27(8-6-25)34-20-32-37(39-24-40-38(32)41-34)31-3-2-4-35(33(31)22-45)44-14-13-29-19-28(26-9-10-26)11-12-30(29)36(44)23-46/h2-8,11-14,19-20,23-24,26,36,45H,9-10,15-18,21-22H2,1H3,(H,39,40,41). The van der Waals surface area contributed by atoms with Gasteiger partial charge in [-0.2, -0.15) is 0 Å². The third kappa shape index (κ3) is 5.32. The van der Waals surface area contributed by atoms with Gasteiger partial charge in [-0.05, 0) is 71.8 Å². The second-order valence-electron chi connectivity index (χ2n) is 12.9. The Kier molecular flexibility index (Phi) is 7.48. The molecule has 232 valence electrons. The topological polar surface area (TPSA) is 88.6 Å². The Hall–Kier alpha value is -4.63. The van der Waals surface area contributed by atoms with E-state index in [1.165, 1.54) is 24.0 Å². The van der Waals surface area contributed by atoms with Crippen molar-refractivity contribution >= 4 is 29.1 Å². The van der Waals surface area contributed by atoms with Crippen LogP contribution in [0.2, 0.25) is 0 Å². The molecule has 2 aromatic heterocycles. The minimum Gasteiger partial charge on any atom is -0.392 e. The molecule has 4 heterocycles. The number of carbonyl (C=O) groups excluding carboxylic acids is 1. The summed E-state index contributed by atoms with van der Waals surface area (Å²) in [5.74, 6) is 0.647. The average Bonchev–Trinajstić information content (AvgIpc) is 3.86. The first kappa shape index (κ1) is 28.8. The van der Waals surface area contributed by atoms with Crippen LogP contribution in [-0.4, -0.2) is 69.4 Å². The SMILES string of the molecule is CN1CCN(Cc2ccc(-c3cc4c(-c5cccc(N6C=Cc7cc(C8CC8)ccc7C6C=O)c5CO)ncnc4[nH]3)cc2)CC1. The van der Waals surface area contributed by atoms with Gasteiger partial charge in [0.1, 0.15) is 24.3 Å². The number of benzene rings is 3. The van der Waals surface area contributed by atoms with E-state index in [9.17, 15) is 9.90 Å². The van der Waals surface area contributed by atoms with Gasteiger partial charge in [0, 0.05) is 66.8 Å². The Bertz CT molecular complexity index is 1940. The van der Waals surface area contributed by atoms with Crippen LogP contribution >= 0.6 is 0 Å². The van der Waals surface area contributed by atoms with Crippen molar-refractivity contribution in [3.05, 3.63) is 107 Å². The Morgan fingerprint density at radius 1 is 0.978 bits per heavy atom. The van der Waals surface area contributed by atoms with E-state index in [2.05, 4.69) is 81.4 Å². The van der Waals surface area contributed by atoms with Crippen molar-refractivity contribution in [2.45, 2.75) is 38.0 Å². The predicted molar refractivity (Wildman–Crippen MR) is 182 cm³/mol. The van der Waals surface area contributed by atoms with Crippen molar-refractivity contribution in [3.63, 3.8) is 0 Å². The van der Waals surface area contributed by atoms with E-state index in [0.717, 1.165) is 89.4 Å². The molecule has 3 aliphatic rings. The van der Waals surface area contributed by atoms with Gasteiger partial charge in [-0.1, -0.05) is 54.6 Å². The third-order valence-electron chi connectivity index (χ3n) is 9.86. The molecule has 8 heteroatoms. The number of carbonyl (C=O) groups is 1. The molecule has 1 saturated carbocycles. The Balaban J connectivity index is 1.11. The number of aliphatic hydroxyl groups is 1. The van der Waals surface area contributed by atoms with Gasteiger partial charge < -0.3 is 24.7 Å². The molecule has 1 unspecified atom stereocenters. The first-order valence-corrected chi connectivity index (χ1v) is 16.2. The maximum atomic E-state index is 12.6. The van der Waals surface area contributed by atoms with E-state index in [4.69, 9.17) is 4.98 Å². The monoisotopic (exact) mass is 610 g/mol. The molecule has 0 spiro atoms. The first-order chi connectivity index (χ1) is 22.6. The van der Waals surface area contributed by atoms with Gasteiger partial charge in [0.15, 0.2) is 0 Å². The smallest absolute Gasteiger partial charge is 0.147 e. The Morgan fingerprint density at radius 2 is 1.80 bits per heavy atom. The molecule has 46 heavy (non-hydrogen) atoms. The Labute approximate surface area is 269 Å². The summed E-state index contributed by atoms with van der Waals surface area (Å²) >= 11 is 0. The van der Waals surface area contributed by atoms with Gasteiger partial charge in [0.05, 0.1) is 12.3 Å². The number of anilines is 1. The number of likely N-dealkylation sites (N-methyl/N-ethyl adjacent to an activating group) is 1. The molecule has 2 N–H and O–H groups in total. The number of H-pyrrole nitrogens is 1. The summed E-state index contributed by atoms with van der Waals surface area (Å²) < 4.78 is 0. The fourth-order valence-electron chi connectivity index (χ4n) is 7.02. The minimum absolute atomic E-state index is 0.202. The molecule has 1 saturated heterocycles. The fraction of sp³-hybridized carbons (Fsp3) is 0.289. The zero-order valence-electron chi connectivity index (χ0n) is 26.1. The summed E-state index contributed by atoms with van der Waals surface area (Å²) in [7, 11) is 2.18. The number of hydrogen-bond acceptors (Lipinski definition) is 7. The maximum absolute atomic E-state index is 12.6. The normalized spacial score (nSPS) is 18.7. The number of aromatic amines is 1. The molecule has 0 bridgehead atoms. The zero-order valence-corrected chi connectivity index (χ0v) is 26.1. The van der Waals surface area contributed by atoms with E-state index in [-0.39, 0.29) is 6.61 Å². The fourth-order valence-corrected chi connectivity index (χ4v) is 7.02. The number of nitrogens with one attached hydrogen (secondary N) is 1. The summed E-state index contributed by atoms with van der Waals surface area (Å²) in [4.78, 5) is 32.2. The van der Waals surface area contributed by atoms with E-state index < -0.39 is 6.04 Å². The average molecular weight is 611 g/mol. The molecule has 1 atom stereocenters. The molecule has 8 nitrogen and oxygen atoms in total. The van der Waals surface area contributed by atoms with Gasteiger partial charge in [-0.15, -0.1) is 0 Å². The van der Waals surface area contributed by atoms with Crippen LogP contribution in [0.3, 0.4) is 0 Å². The lowest BCUT2D eigenvalue weighted by molar-refractivity contribution is -0.109. The first-order valence-electron chi connectivity index (χ1n) is 16.2. The second kappa shape index (κ2) is 11.9. The molecule has 3 aromatic carbocycles. The van der Waals surface area contributed by atoms with Gasteiger partial charge in [-0.3, -0.25) is 4.90 Å². The number of fused-ring (bicyclic) bond motifs is 2. The second-order valence-corrected chi connectivity index (χ2v) is 12.9. The lowest BCUT2D eigenvalue weighted by Gasteiger charge is -2.33. The number of aromatic nitrogens is 3. The van der Waals surface area contributed by atoms with Crippen LogP contribution in [0.15, 0.2) is 79.3 Å². The van der Waals surface area contributed by atoms with Crippen molar-refractivity contribution in [1.82, 2.24) is 24.8 Å². The predicted octanol–water partition coefficient (Wildman–Crippen LogP) is 6.14. The van der Waals surface area contributed by atoms with Crippen molar-refractivity contribution in [3.8, 4) is 22.5 Å². The van der Waals surface area contributed by atoms with Gasteiger partial charge in [0.2, 0.25) is 0 Å². The van der Waals surface area contributed by atoms with Crippen LogP contribution in [0, 0.1) is 0 Å². The highest BCUT2D eigenvalue weighted by atomic mass is 16.3. The lowest BCUT2D eigenvalue weighted by Crippen LogP contribution is -2.43. The molecule has 0 radical (unpaired) electrons. The van der Waals surface area contributed by atoms with E-state index >= 15 is 0 Å². The molecule has 5 aromatic rings. The van der Waals surface area contributed by atoms with Crippen LogP contribution in [0.1, 0.15) is 52.6 Å². The minimum atomic E-state index is -0.489. The number of aliphatic hydroxyl groups excluding tert-OH is 1. The number of hydrogen-bond donors (Lipinski definition) is 2. The summed E-state index contributed by atoms with van der Waals surface area (Å²) in [5, 5.41) is 11.6. The quantitative estimate of drug-likeness (QED) is 0.204. The van der Waals surface area contributed by atoms with E-state index in [0.29, 0.717) is 11.5 Å². The molecule has 2 aliphatic heterocycles. The molecule has 2 fully saturated rings. The van der Waals surface area contributed by atoms with Gasteiger partial charge >= 0.3 is 0 Å². The maximum Gasteiger partial charge on any atom is 0.147 e. The summed E-state index contributed by atoms with van der Waals surface area (Å²) in [6.07, 6.45) is 9.07. The van der Waals surface area contributed by atoms with Crippen LogP contribution in [0.4, 0.5) is 5.69 Å². The number of aldehydes is 1. The van der Waals surface area contributed by atoms with E-state index in [1.54, 1.807) is 6.33 Å². The van der Waals surface area contributed by atoms with Crippen molar-refractivity contribution in [2.24, 2.45) is 0 Å². The van der Waals surface area contributed by atoms with Crippen LogP contribution in [0.5, 0.6) is 0 Å². The highest BCUT2D eigenvalue weighted by Gasteiger charge is 2.30. The molecule has 1 aliphatic carbocycles. The van der Waals surface area contributed by atoms with Crippen molar-refractivity contribution < 1.29 is 9.90 Å². The molecular weight excluding hydrogens is 572 g/mol. The largest absolute Gasteiger partial charge is 0.392 e. The van der Waals surface area contributed by atoms with Crippen LogP contribution in [-0.2, 0) is 17.9 Å². The van der Waals surface area contributed by atoms with Gasteiger partial charge in [0.25, 0.3) is 0 Å². The number of piperazine rings is 1.